The number of para-hydroxylation sites is 1. The topological polar surface area (TPSA) is 46.5 Å². The van der Waals surface area contributed by atoms with Gasteiger partial charge in [-0.25, -0.2) is 9.18 Å². The number of ether oxygens (including phenoxy) is 1. The van der Waals surface area contributed by atoms with Crippen LogP contribution in [0.1, 0.15) is 10.4 Å². The number of hydrogen-bond acceptors (Lipinski definition) is 3. The predicted molar refractivity (Wildman–Crippen MR) is 59.5 cm³/mol. The Morgan fingerprint density at radius 2 is 1.82 bits per heavy atom. The number of hydrogen-bond donors (Lipinski definition) is 1. The molecule has 0 aliphatic carbocycles. The molecule has 1 N–H and O–H groups in total. The summed E-state index contributed by atoms with van der Waals surface area (Å²) in [6, 6.07) is 11.5. The highest BCUT2D eigenvalue weighted by Gasteiger charge is 2.14. The fraction of sp³-hybridized carbons (Fsp3) is 0. The van der Waals surface area contributed by atoms with Crippen molar-refractivity contribution in [2.45, 2.75) is 0 Å². The maximum Gasteiger partial charge on any atom is 0.347 e. The van der Waals surface area contributed by atoms with Gasteiger partial charge in [0.2, 0.25) is 0 Å². The summed E-state index contributed by atoms with van der Waals surface area (Å²) in [4.78, 5) is 11.6. The van der Waals surface area contributed by atoms with Gasteiger partial charge in [0.1, 0.15) is 22.9 Å². The summed E-state index contributed by atoms with van der Waals surface area (Å²) in [5.41, 5.74) is -0.200. The molecule has 0 aliphatic rings. The zero-order valence-electron chi connectivity index (χ0n) is 8.76. The first-order valence-electron chi connectivity index (χ1n) is 4.92. The van der Waals surface area contributed by atoms with Gasteiger partial charge < -0.3 is 9.84 Å². The largest absolute Gasteiger partial charge is 0.507 e. The third-order valence-corrected chi connectivity index (χ3v) is 2.13. The van der Waals surface area contributed by atoms with Gasteiger partial charge in [0, 0.05) is 0 Å². The van der Waals surface area contributed by atoms with E-state index in [2.05, 4.69) is 0 Å². The lowest BCUT2D eigenvalue weighted by molar-refractivity contribution is 0.0731. The first kappa shape index (κ1) is 11.1. The molecule has 0 bridgehead atoms. The Hall–Kier alpha value is -2.36. The van der Waals surface area contributed by atoms with Gasteiger partial charge in [0.25, 0.3) is 0 Å². The monoisotopic (exact) mass is 232 g/mol. The number of aromatic hydroxyl groups is 1. The molecule has 0 saturated heterocycles. The average Bonchev–Trinajstić information content (AvgIpc) is 2.33. The molecule has 0 fully saturated rings. The molecule has 0 unspecified atom stereocenters. The van der Waals surface area contributed by atoms with Crippen molar-refractivity contribution in [3.8, 4) is 11.5 Å². The highest BCUT2D eigenvalue weighted by molar-refractivity contribution is 5.93. The number of halogens is 1. The molecule has 3 nitrogen and oxygen atoms in total. The van der Waals surface area contributed by atoms with E-state index in [1.54, 1.807) is 30.3 Å². The van der Waals surface area contributed by atoms with Crippen molar-refractivity contribution in [2.75, 3.05) is 0 Å². The third-order valence-electron chi connectivity index (χ3n) is 2.13. The smallest absolute Gasteiger partial charge is 0.347 e. The second-order valence-electron chi connectivity index (χ2n) is 3.36. The predicted octanol–water partition coefficient (Wildman–Crippen LogP) is 2.75. The standard InChI is InChI=1S/C13H9FO3/c14-9-6-7-12(15)11(8-9)13(16)17-10-4-2-1-3-5-10/h1-8,15H. The van der Waals surface area contributed by atoms with Gasteiger partial charge in [-0.1, -0.05) is 18.2 Å². The van der Waals surface area contributed by atoms with Gasteiger partial charge >= 0.3 is 5.97 Å². The summed E-state index contributed by atoms with van der Waals surface area (Å²) in [5.74, 6) is -1.38. The zero-order chi connectivity index (χ0) is 12.3. The second kappa shape index (κ2) is 4.65. The van der Waals surface area contributed by atoms with Crippen LogP contribution in [0.4, 0.5) is 4.39 Å². The van der Waals surface area contributed by atoms with Crippen LogP contribution in [0.5, 0.6) is 11.5 Å². The van der Waals surface area contributed by atoms with Crippen LogP contribution in [0, 0.1) is 5.82 Å². The molecule has 86 valence electrons. The Balaban J connectivity index is 2.23. The minimum Gasteiger partial charge on any atom is -0.507 e. The Morgan fingerprint density at radius 3 is 2.53 bits per heavy atom. The molecular weight excluding hydrogens is 223 g/mol. The summed E-state index contributed by atoms with van der Waals surface area (Å²) in [6.07, 6.45) is 0. The fourth-order valence-electron chi connectivity index (χ4n) is 1.32. The summed E-state index contributed by atoms with van der Waals surface area (Å²) in [5, 5.41) is 9.42. The zero-order valence-corrected chi connectivity index (χ0v) is 8.76. The van der Waals surface area contributed by atoms with Crippen LogP contribution in [0.15, 0.2) is 48.5 Å². The molecule has 0 spiro atoms. The highest BCUT2D eigenvalue weighted by atomic mass is 19.1. The summed E-state index contributed by atoms with van der Waals surface area (Å²) in [6.45, 7) is 0. The molecule has 0 saturated carbocycles. The Bertz CT molecular complexity index is 538. The molecule has 0 radical (unpaired) electrons. The molecule has 0 aliphatic heterocycles. The number of phenols is 1. The lowest BCUT2D eigenvalue weighted by Gasteiger charge is -2.05. The Labute approximate surface area is 97.1 Å². The van der Waals surface area contributed by atoms with E-state index in [-0.39, 0.29) is 11.3 Å². The van der Waals surface area contributed by atoms with Crippen LogP contribution in [0.2, 0.25) is 0 Å². The number of phenolic OH excluding ortho intramolecular Hbond substituents is 1. The van der Waals surface area contributed by atoms with Gasteiger partial charge in [-0.3, -0.25) is 0 Å². The molecule has 17 heavy (non-hydrogen) atoms. The van der Waals surface area contributed by atoms with E-state index in [0.29, 0.717) is 5.75 Å². The van der Waals surface area contributed by atoms with E-state index in [1.165, 1.54) is 0 Å². The maximum atomic E-state index is 12.9. The summed E-state index contributed by atoms with van der Waals surface area (Å²) in [7, 11) is 0. The molecule has 2 rings (SSSR count). The molecule has 4 heteroatoms. The van der Waals surface area contributed by atoms with E-state index in [4.69, 9.17) is 4.74 Å². The van der Waals surface area contributed by atoms with Gasteiger partial charge in [-0.15, -0.1) is 0 Å². The SMILES string of the molecule is O=C(Oc1ccccc1)c1cc(F)ccc1O. The second-order valence-corrected chi connectivity index (χ2v) is 3.36. The van der Waals surface area contributed by atoms with Crippen molar-refractivity contribution in [2.24, 2.45) is 0 Å². The molecule has 0 aromatic heterocycles. The highest BCUT2D eigenvalue weighted by Crippen LogP contribution is 2.20. The lowest BCUT2D eigenvalue weighted by atomic mass is 10.2. The van der Waals surface area contributed by atoms with Crippen molar-refractivity contribution < 1.29 is 19.0 Å². The number of carbonyl (C=O) groups excluding carboxylic acids is 1. The van der Waals surface area contributed by atoms with E-state index < -0.39 is 11.8 Å². The number of benzene rings is 2. The quantitative estimate of drug-likeness (QED) is 0.639. The molecule has 0 heterocycles. The normalized spacial score (nSPS) is 9.94. The van der Waals surface area contributed by atoms with Crippen LogP contribution in [-0.2, 0) is 0 Å². The summed E-state index contributed by atoms with van der Waals surface area (Å²) >= 11 is 0. The van der Waals surface area contributed by atoms with E-state index in [9.17, 15) is 14.3 Å². The molecule has 2 aromatic carbocycles. The Kier molecular flexibility index (Phi) is 3.05. The molecular formula is C13H9FO3. The van der Waals surface area contributed by atoms with Crippen LogP contribution in [0.25, 0.3) is 0 Å². The van der Waals surface area contributed by atoms with Gasteiger partial charge in [-0.05, 0) is 30.3 Å². The maximum absolute atomic E-state index is 12.9. The minimum absolute atomic E-state index is 0.200. The van der Waals surface area contributed by atoms with Crippen molar-refractivity contribution in [1.82, 2.24) is 0 Å². The van der Waals surface area contributed by atoms with Crippen LogP contribution < -0.4 is 4.74 Å². The lowest BCUT2D eigenvalue weighted by Crippen LogP contribution is -2.09. The molecule has 0 amide bonds. The molecule has 0 atom stereocenters. The van der Waals surface area contributed by atoms with Crippen molar-refractivity contribution in [3.63, 3.8) is 0 Å². The number of rotatable bonds is 2. The summed E-state index contributed by atoms with van der Waals surface area (Å²) < 4.78 is 17.9. The minimum atomic E-state index is -0.798. The first-order chi connectivity index (χ1) is 8.16. The van der Waals surface area contributed by atoms with Crippen molar-refractivity contribution >= 4 is 5.97 Å². The van der Waals surface area contributed by atoms with Crippen molar-refractivity contribution in [3.05, 3.63) is 59.9 Å². The third kappa shape index (κ3) is 2.60. The van der Waals surface area contributed by atoms with Gasteiger partial charge in [-0.2, -0.15) is 0 Å². The van der Waals surface area contributed by atoms with E-state index >= 15 is 0 Å². The Morgan fingerprint density at radius 1 is 1.12 bits per heavy atom. The molecule has 2 aromatic rings. The fourth-order valence-corrected chi connectivity index (χ4v) is 1.32. The van der Waals surface area contributed by atoms with Crippen molar-refractivity contribution in [1.29, 1.82) is 0 Å². The number of esters is 1. The van der Waals surface area contributed by atoms with Crippen LogP contribution >= 0.6 is 0 Å². The number of carbonyl (C=O) groups is 1. The van der Waals surface area contributed by atoms with Crippen LogP contribution in [-0.4, -0.2) is 11.1 Å². The van der Waals surface area contributed by atoms with E-state index in [1.807, 2.05) is 0 Å². The first-order valence-corrected chi connectivity index (χ1v) is 4.92. The van der Waals surface area contributed by atoms with E-state index in [0.717, 1.165) is 18.2 Å². The average molecular weight is 232 g/mol. The van der Waals surface area contributed by atoms with Gasteiger partial charge in [0.15, 0.2) is 0 Å². The van der Waals surface area contributed by atoms with Crippen LogP contribution in [0.3, 0.4) is 0 Å². The van der Waals surface area contributed by atoms with Gasteiger partial charge in [0.05, 0.1) is 0 Å².